The summed E-state index contributed by atoms with van der Waals surface area (Å²) < 4.78 is 24.2. The van der Waals surface area contributed by atoms with E-state index in [1.54, 1.807) is 30.3 Å². The van der Waals surface area contributed by atoms with E-state index in [9.17, 15) is 8.42 Å². The number of hydrogen-bond donors (Lipinski definition) is 1. The molecule has 1 aromatic rings. The number of benzene rings is 1. The molecule has 0 saturated carbocycles. The van der Waals surface area contributed by atoms with Crippen molar-refractivity contribution in [3.8, 4) is 12.1 Å². The number of nitrogens with one attached hydrogen (secondary N) is 1. The minimum absolute atomic E-state index is 0.0458. The zero-order chi connectivity index (χ0) is 17.7. The molecule has 6 nitrogen and oxygen atoms in total. The number of anilines is 2. The van der Waals surface area contributed by atoms with Gasteiger partial charge in [0.1, 0.15) is 17.7 Å². The summed E-state index contributed by atoms with van der Waals surface area (Å²) in [5.41, 5.74) is 1.26. The fraction of sp³-hybridized carbons (Fsp3) is 0.412. The Hall–Kier alpha value is -2.51. The maximum absolute atomic E-state index is 12.1. The van der Waals surface area contributed by atoms with Crippen LogP contribution >= 0.6 is 0 Å². The number of piperidine rings is 1. The predicted molar refractivity (Wildman–Crippen MR) is 93.1 cm³/mol. The number of allylic oxidation sites excluding steroid dienone is 1. The van der Waals surface area contributed by atoms with Gasteiger partial charge in [0.2, 0.25) is 0 Å². The first-order valence-corrected chi connectivity index (χ1v) is 9.60. The normalized spacial score (nSPS) is 15.2. The van der Waals surface area contributed by atoms with E-state index in [0.29, 0.717) is 22.2 Å². The quantitative estimate of drug-likeness (QED) is 0.843. The molecule has 1 saturated heterocycles. The van der Waals surface area contributed by atoms with Crippen LogP contribution in [0.5, 0.6) is 0 Å². The minimum Gasteiger partial charge on any atom is -0.370 e. The molecule has 2 rings (SSSR count). The van der Waals surface area contributed by atoms with Crippen LogP contribution in [0.1, 0.15) is 19.8 Å². The molecule has 1 aromatic carbocycles. The van der Waals surface area contributed by atoms with Gasteiger partial charge in [-0.1, -0.05) is 6.92 Å². The van der Waals surface area contributed by atoms with Gasteiger partial charge in [-0.2, -0.15) is 10.5 Å². The van der Waals surface area contributed by atoms with Crippen LogP contribution in [0.2, 0.25) is 0 Å². The zero-order valence-electron chi connectivity index (χ0n) is 13.8. The molecule has 1 aliphatic heterocycles. The highest BCUT2D eigenvalue weighted by Gasteiger charge is 2.22. The van der Waals surface area contributed by atoms with Crippen LogP contribution < -0.4 is 10.2 Å². The fourth-order valence-corrected chi connectivity index (χ4v) is 3.55. The first-order valence-electron chi connectivity index (χ1n) is 7.71. The van der Waals surface area contributed by atoms with Crippen molar-refractivity contribution in [2.75, 3.05) is 29.6 Å². The van der Waals surface area contributed by atoms with Crippen molar-refractivity contribution in [1.29, 1.82) is 10.5 Å². The van der Waals surface area contributed by atoms with Crippen LogP contribution in [0.25, 0.3) is 0 Å². The summed E-state index contributed by atoms with van der Waals surface area (Å²) in [6.45, 7) is 3.82. The van der Waals surface area contributed by atoms with Gasteiger partial charge < -0.3 is 10.2 Å². The van der Waals surface area contributed by atoms with Gasteiger partial charge >= 0.3 is 0 Å². The van der Waals surface area contributed by atoms with Gasteiger partial charge in [0.25, 0.3) is 0 Å². The Labute approximate surface area is 142 Å². The van der Waals surface area contributed by atoms with Gasteiger partial charge in [-0.3, -0.25) is 0 Å². The van der Waals surface area contributed by atoms with Gasteiger partial charge in [-0.15, -0.1) is 0 Å². The molecular formula is C17H20N4O2S. The summed E-state index contributed by atoms with van der Waals surface area (Å²) in [7, 11) is -3.34. The molecule has 126 valence electrons. The number of nitrogens with zero attached hydrogens (tertiary/aromatic N) is 3. The smallest absolute Gasteiger partial charge is 0.177 e. The molecule has 1 N–H and O–H groups in total. The second kappa shape index (κ2) is 7.37. The van der Waals surface area contributed by atoms with Crippen molar-refractivity contribution in [1.82, 2.24) is 0 Å². The molecule has 0 aromatic heterocycles. The van der Waals surface area contributed by atoms with Gasteiger partial charge in [-0.05, 0) is 37.0 Å². The molecule has 24 heavy (non-hydrogen) atoms. The van der Waals surface area contributed by atoms with Crippen LogP contribution in [0.4, 0.5) is 11.4 Å². The standard InChI is InChI=1S/C17H20N4O2S/c1-13-5-7-21(8-6-13)16-9-15(20-12-14(10-18)11-19)3-4-17(16)24(2,22)23/h3-4,9,12-13,20H,5-8H2,1-2H3. The lowest BCUT2D eigenvalue weighted by Gasteiger charge is -2.33. The van der Waals surface area contributed by atoms with Gasteiger partial charge in [0, 0.05) is 31.2 Å². The molecule has 0 atom stereocenters. The molecule has 1 heterocycles. The molecule has 0 aliphatic carbocycles. The van der Waals surface area contributed by atoms with Gasteiger partial charge in [0.05, 0.1) is 10.6 Å². The molecule has 0 radical (unpaired) electrons. The second-order valence-corrected chi connectivity index (χ2v) is 8.03. The Bertz CT molecular complexity index is 807. The Morgan fingerprint density at radius 1 is 1.29 bits per heavy atom. The van der Waals surface area contributed by atoms with E-state index in [-0.39, 0.29) is 5.57 Å². The Morgan fingerprint density at radius 2 is 1.92 bits per heavy atom. The molecule has 1 aliphatic rings. The lowest BCUT2D eigenvalue weighted by Crippen LogP contribution is -2.33. The van der Waals surface area contributed by atoms with Crippen LogP contribution in [-0.2, 0) is 9.84 Å². The highest BCUT2D eigenvalue weighted by Crippen LogP contribution is 2.32. The monoisotopic (exact) mass is 344 g/mol. The third-order valence-electron chi connectivity index (χ3n) is 4.11. The first kappa shape index (κ1) is 17.8. The van der Waals surface area contributed by atoms with E-state index in [4.69, 9.17) is 10.5 Å². The summed E-state index contributed by atoms with van der Waals surface area (Å²) in [5, 5.41) is 20.4. The lowest BCUT2D eigenvalue weighted by atomic mass is 9.99. The molecule has 7 heteroatoms. The average Bonchev–Trinajstić information content (AvgIpc) is 2.55. The van der Waals surface area contributed by atoms with Crippen LogP contribution in [0, 0.1) is 28.6 Å². The van der Waals surface area contributed by atoms with Gasteiger partial charge in [0.15, 0.2) is 9.84 Å². The maximum atomic E-state index is 12.1. The molecule has 0 bridgehead atoms. The Kier molecular flexibility index (Phi) is 5.48. The highest BCUT2D eigenvalue weighted by molar-refractivity contribution is 7.90. The van der Waals surface area contributed by atoms with Crippen molar-refractivity contribution < 1.29 is 8.42 Å². The molecule has 1 fully saturated rings. The van der Waals surface area contributed by atoms with Crippen molar-refractivity contribution in [2.24, 2.45) is 5.92 Å². The number of sulfone groups is 1. The highest BCUT2D eigenvalue weighted by atomic mass is 32.2. The van der Waals surface area contributed by atoms with E-state index in [2.05, 4.69) is 17.1 Å². The number of nitriles is 2. The predicted octanol–water partition coefficient (Wildman–Crippen LogP) is 2.67. The molecular weight excluding hydrogens is 324 g/mol. The number of rotatable bonds is 4. The minimum atomic E-state index is -3.34. The van der Waals surface area contributed by atoms with Crippen molar-refractivity contribution in [3.63, 3.8) is 0 Å². The van der Waals surface area contributed by atoms with Crippen LogP contribution in [-0.4, -0.2) is 27.8 Å². The molecule has 0 spiro atoms. The lowest BCUT2D eigenvalue weighted by molar-refractivity contribution is 0.437. The summed E-state index contributed by atoms with van der Waals surface area (Å²) in [5.74, 6) is 0.640. The SMILES string of the molecule is CC1CCN(c2cc(NC=C(C#N)C#N)ccc2S(C)(=O)=O)CC1. The van der Waals surface area contributed by atoms with E-state index in [1.165, 1.54) is 12.5 Å². The van der Waals surface area contributed by atoms with Crippen LogP contribution in [0.15, 0.2) is 34.9 Å². The summed E-state index contributed by atoms with van der Waals surface area (Å²) in [6.07, 6.45) is 4.56. The zero-order valence-corrected chi connectivity index (χ0v) is 14.6. The second-order valence-electron chi connectivity index (χ2n) is 6.05. The largest absolute Gasteiger partial charge is 0.370 e. The van der Waals surface area contributed by atoms with Gasteiger partial charge in [-0.25, -0.2) is 8.42 Å². The fourth-order valence-electron chi connectivity index (χ4n) is 2.66. The third-order valence-corrected chi connectivity index (χ3v) is 5.25. The Balaban J connectivity index is 2.38. The molecule has 0 amide bonds. The summed E-state index contributed by atoms with van der Waals surface area (Å²) in [6, 6.07) is 8.50. The van der Waals surface area contributed by atoms with Crippen LogP contribution in [0.3, 0.4) is 0 Å². The van der Waals surface area contributed by atoms with Crippen molar-refractivity contribution in [3.05, 3.63) is 30.0 Å². The Morgan fingerprint density at radius 3 is 2.46 bits per heavy atom. The summed E-state index contributed by atoms with van der Waals surface area (Å²) >= 11 is 0. The number of hydrogen-bond acceptors (Lipinski definition) is 6. The van der Waals surface area contributed by atoms with E-state index in [1.807, 2.05) is 0 Å². The third kappa shape index (κ3) is 4.27. The summed E-state index contributed by atoms with van der Waals surface area (Å²) in [4.78, 5) is 2.38. The van der Waals surface area contributed by atoms with E-state index in [0.717, 1.165) is 25.9 Å². The average molecular weight is 344 g/mol. The molecule has 0 unspecified atom stereocenters. The topological polar surface area (TPSA) is 97.0 Å². The van der Waals surface area contributed by atoms with E-state index < -0.39 is 9.84 Å². The van der Waals surface area contributed by atoms with Crippen molar-refractivity contribution in [2.45, 2.75) is 24.7 Å². The maximum Gasteiger partial charge on any atom is 0.177 e. The van der Waals surface area contributed by atoms with E-state index >= 15 is 0 Å². The first-order chi connectivity index (χ1) is 11.3. The van der Waals surface area contributed by atoms with Crippen molar-refractivity contribution >= 4 is 21.2 Å².